The number of hydrogen-bond donors (Lipinski definition) is 2. The van der Waals surface area contributed by atoms with Crippen molar-refractivity contribution in [2.75, 3.05) is 31.6 Å². The molecule has 1 aromatic heterocycles. The van der Waals surface area contributed by atoms with Gasteiger partial charge in [-0.1, -0.05) is 0 Å². The number of nitrogens with zero attached hydrogens (tertiary/aromatic N) is 3. The lowest BCUT2D eigenvalue weighted by Crippen LogP contribution is -2.41. The average Bonchev–Trinajstić information content (AvgIpc) is 3.43. The van der Waals surface area contributed by atoms with Crippen LogP contribution in [-0.4, -0.2) is 64.5 Å². The van der Waals surface area contributed by atoms with Crippen LogP contribution in [0.1, 0.15) is 44.0 Å². The molecule has 28 heavy (non-hydrogen) atoms. The minimum absolute atomic E-state index is 0.225. The van der Waals surface area contributed by atoms with Crippen LogP contribution in [0.25, 0.3) is 0 Å². The van der Waals surface area contributed by atoms with Crippen LogP contribution < -0.4 is 5.32 Å². The molecule has 1 unspecified atom stereocenters. The first-order valence-corrected chi connectivity index (χ1v) is 9.54. The molecule has 0 bridgehead atoms. The van der Waals surface area contributed by atoms with Gasteiger partial charge in [0.1, 0.15) is 11.6 Å². The number of alkyl halides is 3. The van der Waals surface area contributed by atoms with E-state index >= 15 is 0 Å². The highest BCUT2D eigenvalue weighted by Gasteiger charge is 2.38. The van der Waals surface area contributed by atoms with E-state index in [-0.39, 0.29) is 6.04 Å². The summed E-state index contributed by atoms with van der Waals surface area (Å²) in [6.07, 6.45) is 3.43. The third-order valence-corrected chi connectivity index (χ3v) is 5.10. The quantitative estimate of drug-likeness (QED) is 0.783. The second-order valence-electron chi connectivity index (χ2n) is 7.40. The van der Waals surface area contributed by atoms with E-state index in [1.807, 2.05) is 12.3 Å². The molecule has 1 saturated heterocycles. The summed E-state index contributed by atoms with van der Waals surface area (Å²) in [5.41, 5.74) is 0. The van der Waals surface area contributed by atoms with Gasteiger partial charge in [0.25, 0.3) is 0 Å². The van der Waals surface area contributed by atoms with Gasteiger partial charge >= 0.3 is 12.1 Å². The molecular formula is C18H25F3N4O3. The Morgan fingerprint density at radius 3 is 2.61 bits per heavy atom. The van der Waals surface area contributed by atoms with Gasteiger partial charge in [-0.3, -0.25) is 4.90 Å². The predicted octanol–water partition coefficient (Wildman–Crippen LogP) is 2.86. The van der Waals surface area contributed by atoms with Crippen molar-refractivity contribution in [3.8, 4) is 0 Å². The molecule has 2 aliphatic carbocycles. The molecule has 1 atom stereocenters. The van der Waals surface area contributed by atoms with Crippen molar-refractivity contribution in [3.63, 3.8) is 0 Å². The van der Waals surface area contributed by atoms with E-state index in [0.29, 0.717) is 6.04 Å². The molecule has 2 heterocycles. The van der Waals surface area contributed by atoms with Crippen molar-refractivity contribution < 1.29 is 27.8 Å². The van der Waals surface area contributed by atoms with Gasteiger partial charge < -0.3 is 15.2 Å². The van der Waals surface area contributed by atoms with Crippen LogP contribution >= 0.6 is 0 Å². The van der Waals surface area contributed by atoms with Crippen LogP contribution in [0.15, 0.2) is 12.3 Å². The molecular weight excluding hydrogens is 377 g/mol. The minimum Gasteiger partial charge on any atom is -0.475 e. The van der Waals surface area contributed by atoms with Gasteiger partial charge in [-0.15, -0.1) is 0 Å². The summed E-state index contributed by atoms with van der Waals surface area (Å²) < 4.78 is 37.4. The molecule has 4 rings (SSSR count). The molecule has 3 aliphatic rings. The first kappa shape index (κ1) is 20.8. The Bertz CT molecular complexity index is 666. The predicted molar refractivity (Wildman–Crippen MR) is 94.8 cm³/mol. The van der Waals surface area contributed by atoms with Crippen LogP contribution in [0.5, 0.6) is 0 Å². The second kappa shape index (κ2) is 9.04. The monoisotopic (exact) mass is 402 g/mol. The molecule has 3 fully saturated rings. The highest BCUT2D eigenvalue weighted by molar-refractivity contribution is 5.73. The van der Waals surface area contributed by atoms with Crippen LogP contribution in [0.3, 0.4) is 0 Å². The molecule has 0 amide bonds. The largest absolute Gasteiger partial charge is 0.490 e. The van der Waals surface area contributed by atoms with E-state index in [9.17, 15) is 13.2 Å². The van der Waals surface area contributed by atoms with Gasteiger partial charge in [0.05, 0.1) is 19.3 Å². The Morgan fingerprint density at radius 1 is 1.32 bits per heavy atom. The minimum atomic E-state index is -5.08. The summed E-state index contributed by atoms with van der Waals surface area (Å²) in [5.74, 6) is 0.0238. The first-order chi connectivity index (χ1) is 13.3. The van der Waals surface area contributed by atoms with E-state index in [0.717, 1.165) is 37.3 Å². The highest BCUT2D eigenvalue weighted by atomic mass is 19.4. The van der Waals surface area contributed by atoms with Crippen LogP contribution in [0.4, 0.5) is 19.0 Å². The lowest BCUT2D eigenvalue weighted by molar-refractivity contribution is -0.192. The Hall–Kier alpha value is -1.94. The summed E-state index contributed by atoms with van der Waals surface area (Å²) in [5, 5.41) is 10.6. The van der Waals surface area contributed by atoms with Crippen molar-refractivity contribution >= 4 is 11.8 Å². The molecule has 2 saturated carbocycles. The van der Waals surface area contributed by atoms with Gasteiger partial charge in [0, 0.05) is 25.3 Å². The van der Waals surface area contributed by atoms with Gasteiger partial charge in [-0.05, 0) is 44.1 Å². The number of aliphatic carboxylic acids is 1. The first-order valence-electron chi connectivity index (χ1n) is 9.54. The molecule has 10 heteroatoms. The van der Waals surface area contributed by atoms with E-state index in [2.05, 4.69) is 15.2 Å². The molecule has 0 aromatic carbocycles. The molecule has 156 valence electrons. The number of ether oxygens (including phenoxy) is 1. The maximum absolute atomic E-state index is 10.6. The fourth-order valence-corrected chi connectivity index (χ4v) is 3.10. The van der Waals surface area contributed by atoms with E-state index in [4.69, 9.17) is 19.6 Å². The fraction of sp³-hybridized carbons (Fsp3) is 0.722. The molecule has 1 aromatic rings. The van der Waals surface area contributed by atoms with Crippen molar-refractivity contribution in [1.82, 2.24) is 14.9 Å². The number of carboxylic acids is 1. The average molecular weight is 402 g/mol. The van der Waals surface area contributed by atoms with Gasteiger partial charge in [0.2, 0.25) is 0 Å². The third-order valence-electron chi connectivity index (χ3n) is 5.10. The Balaban J connectivity index is 0.000000279. The lowest BCUT2D eigenvalue weighted by atomic mass is 9.93. The van der Waals surface area contributed by atoms with Gasteiger partial charge in [-0.25, -0.2) is 14.8 Å². The molecule has 2 N–H and O–H groups in total. The number of carboxylic acid groups (broad SMARTS) is 1. The fourth-order valence-electron chi connectivity index (χ4n) is 3.10. The number of morpholine rings is 1. The summed E-state index contributed by atoms with van der Waals surface area (Å²) in [6, 6.07) is 2.82. The third kappa shape index (κ3) is 6.03. The van der Waals surface area contributed by atoms with Crippen molar-refractivity contribution in [1.29, 1.82) is 0 Å². The number of rotatable bonds is 5. The summed E-state index contributed by atoms with van der Waals surface area (Å²) in [4.78, 5) is 20.7. The number of aromatic nitrogens is 2. The molecule has 1 aliphatic heterocycles. The Morgan fingerprint density at radius 2 is 2.04 bits per heavy atom. The number of halogens is 3. The van der Waals surface area contributed by atoms with Crippen LogP contribution in [0, 0.1) is 5.92 Å². The standard InChI is InChI=1S/C16H24N4O.C2HF3O2/c1-2-13(3-1)18-15-6-7-17-16(19-15)14-11-21-9-8-20(14)10-12-4-5-12;3-2(4,5)1(6)7/h6-7,12-14H,1-5,8-11H2,(H,17,18,19);(H,6,7). The van der Waals surface area contributed by atoms with E-state index in [1.165, 1.54) is 38.6 Å². The number of carbonyl (C=O) groups is 1. The summed E-state index contributed by atoms with van der Waals surface area (Å²) >= 11 is 0. The van der Waals surface area contributed by atoms with Crippen molar-refractivity contribution in [2.24, 2.45) is 5.92 Å². The number of nitrogens with one attached hydrogen (secondary N) is 1. The topological polar surface area (TPSA) is 87.6 Å². The lowest BCUT2D eigenvalue weighted by Gasteiger charge is -2.35. The molecule has 0 spiro atoms. The normalized spacial score (nSPS) is 23.3. The number of hydrogen-bond acceptors (Lipinski definition) is 6. The Labute approximate surface area is 161 Å². The zero-order valence-electron chi connectivity index (χ0n) is 15.5. The van der Waals surface area contributed by atoms with E-state index in [1.54, 1.807) is 0 Å². The smallest absolute Gasteiger partial charge is 0.475 e. The maximum atomic E-state index is 10.6. The zero-order chi connectivity index (χ0) is 20.1. The van der Waals surface area contributed by atoms with E-state index < -0.39 is 12.1 Å². The Kier molecular flexibility index (Phi) is 6.71. The maximum Gasteiger partial charge on any atom is 0.490 e. The SMILES string of the molecule is O=C(O)C(F)(F)F.c1cc(NC2CCC2)nc(C2COCCN2CC2CC2)n1. The van der Waals surface area contributed by atoms with Gasteiger partial charge in [0.15, 0.2) is 0 Å². The van der Waals surface area contributed by atoms with Crippen molar-refractivity contribution in [2.45, 2.75) is 50.4 Å². The van der Waals surface area contributed by atoms with Crippen molar-refractivity contribution in [3.05, 3.63) is 18.1 Å². The van der Waals surface area contributed by atoms with Crippen LogP contribution in [0.2, 0.25) is 0 Å². The molecule has 7 nitrogen and oxygen atoms in total. The summed E-state index contributed by atoms with van der Waals surface area (Å²) in [7, 11) is 0. The summed E-state index contributed by atoms with van der Waals surface area (Å²) in [6.45, 7) is 3.74. The second-order valence-corrected chi connectivity index (χ2v) is 7.40. The van der Waals surface area contributed by atoms with Gasteiger partial charge in [-0.2, -0.15) is 13.2 Å². The van der Waals surface area contributed by atoms with Crippen LogP contribution in [-0.2, 0) is 9.53 Å². The zero-order valence-corrected chi connectivity index (χ0v) is 15.5. The molecule has 0 radical (unpaired) electrons. The number of anilines is 1. The highest BCUT2D eigenvalue weighted by Crippen LogP contribution is 2.33.